The van der Waals surface area contributed by atoms with E-state index in [1.807, 2.05) is 18.2 Å². The number of amides is 1. The summed E-state index contributed by atoms with van der Waals surface area (Å²) in [7, 11) is 0. The van der Waals surface area contributed by atoms with Gasteiger partial charge in [-0.15, -0.1) is 0 Å². The van der Waals surface area contributed by atoms with Crippen molar-refractivity contribution >= 4 is 5.91 Å². The van der Waals surface area contributed by atoms with Crippen LogP contribution in [0.15, 0.2) is 28.8 Å². The summed E-state index contributed by atoms with van der Waals surface area (Å²) in [6.07, 6.45) is 0. The lowest BCUT2D eigenvalue weighted by atomic mass is 9.95. The van der Waals surface area contributed by atoms with E-state index in [1.165, 1.54) is 0 Å². The zero-order valence-corrected chi connectivity index (χ0v) is 12.8. The van der Waals surface area contributed by atoms with Gasteiger partial charge < -0.3 is 10.3 Å². The quantitative estimate of drug-likeness (QED) is 0.900. The normalized spacial score (nSPS) is 21.2. The lowest BCUT2D eigenvalue weighted by Crippen LogP contribution is -2.29. The second-order valence-corrected chi connectivity index (χ2v) is 5.76. The van der Waals surface area contributed by atoms with Crippen molar-refractivity contribution in [2.45, 2.75) is 19.4 Å². The van der Waals surface area contributed by atoms with Gasteiger partial charge in [0.15, 0.2) is 5.82 Å². The fourth-order valence-corrected chi connectivity index (χ4v) is 3.02. The average Bonchev–Trinajstić information content (AvgIpc) is 3.14. The molecule has 7 nitrogen and oxygen atoms in total. The topological polar surface area (TPSA) is 109 Å². The third kappa shape index (κ3) is 3.07. The van der Waals surface area contributed by atoms with Crippen LogP contribution >= 0.6 is 0 Å². The van der Waals surface area contributed by atoms with Gasteiger partial charge in [-0.25, -0.2) is 0 Å². The maximum atomic E-state index is 11.8. The summed E-state index contributed by atoms with van der Waals surface area (Å²) in [5, 5.41) is 13.0. The van der Waals surface area contributed by atoms with Gasteiger partial charge in [0.25, 0.3) is 0 Å². The van der Waals surface area contributed by atoms with E-state index < -0.39 is 0 Å². The van der Waals surface area contributed by atoms with Crippen molar-refractivity contribution in [1.82, 2.24) is 15.0 Å². The van der Waals surface area contributed by atoms with Crippen LogP contribution in [-0.2, 0) is 11.3 Å². The van der Waals surface area contributed by atoms with Crippen LogP contribution in [0.25, 0.3) is 0 Å². The van der Waals surface area contributed by atoms with Crippen LogP contribution in [0.5, 0.6) is 0 Å². The van der Waals surface area contributed by atoms with E-state index >= 15 is 0 Å². The first-order chi connectivity index (χ1) is 11.1. The van der Waals surface area contributed by atoms with Crippen molar-refractivity contribution < 1.29 is 9.32 Å². The Bertz CT molecular complexity index is 764. The molecule has 0 spiro atoms. The van der Waals surface area contributed by atoms with Crippen LogP contribution in [0, 0.1) is 24.2 Å². The van der Waals surface area contributed by atoms with Gasteiger partial charge in [-0.05, 0) is 18.6 Å². The molecule has 0 unspecified atom stereocenters. The first-order valence-electron chi connectivity index (χ1n) is 7.38. The molecule has 1 aliphatic heterocycles. The summed E-state index contributed by atoms with van der Waals surface area (Å²) in [5.41, 5.74) is 7.11. The molecule has 2 heterocycles. The Balaban J connectivity index is 1.80. The minimum absolute atomic E-state index is 0.206. The fourth-order valence-electron chi connectivity index (χ4n) is 3.02. The molecular weight excluding hydrogens is 294 g/mol. The molecule has 3 rings (SSSR count). The first-order valence-corrected chi connectivity index (χ1v) is 7.38. The number of likely N-dealkylation sites (tertiary alicyclic amines) is 1. The molecule has 2 atom stereocenters. The van der Waals surface area contributed by atoms with Gasteiger partial charge >= 0.3 is 0 Å². The van der Waals surface area contributed by atoms with Crippen LogP contribution in [0.3, 0.4) is 0 Å². The van der Waals surface area contributed by atoms with E-state index in [0.29, 0.717) is 36.9 Å². The fraction of sp³-hybridized carbons (Fsp3) is 0.375. The summed E-state index contributed by atoms with van der Waals surface area (Å²) in [5.74, 6) is 0.0350. The standard InChI is InChI=1S/C16H17N5O2/c1-10-19-16(23-20-10)14-9-21(8-13(14)15(18)22)7-12-5-3-2-4-11(12)6-17/h2-5,13-14H,7-9H2,1H3,(H2,18,22)/t13-,14-/m1/s1. The largest absolute Gasteiger partial charge is 0.369 e. The summed E-state index contributed by atoms with van der Waals surface area (Å²) >= 11 is 0. The van der Waals surface area contributed by atoms with Gasteiger partial charge in [-0.1, -0.05) is 23.4 Å². The number of primary amides is 1. The van der Waals surface area contributed by atoms with Gasteiger partial charge in [0.05, 0.1) is 23.5 Å². The maximum absolute atomic E-state index is 11.8. The molecule has 2 N–H and O–H groups in total. The molecule has 1 aromatic heterocycles. The van der Waals surface area contributed by atoms with Crippen LogP contribution in [-0.4, -0.2) is 34.0 Å². The number of carbonyl (C=O) groups excluding carboxylic acids is 1. The molecule has 0 aliphatic carbocycles. The van der Waals surface area contributed by atoms with E-state index in [2.05, 4.69) is 21.1 Å². The van der Waals surface area contributed by atoms with Crippen molar-refractivity contribution in [3.63, 3.8) is 0 Å². The van der Waals surface area contributed by atoms with Crippen LogP contribution < -0.4 is 5.73 Å². The molecule has 2 aromatic rings. The highest BCUT2D eigenvalue weighted by molar-refractivity contribution is 5.78. The van der Waals surface area contributed by atoms with E-state index in [-0.39, 0.29) is 17.7 Å². The maximum Gasteiger partial charge on any atom is 0.231 e. The first kappa shape index (κ1) is 15.2. The number of hydrogen-bond acceptors (Lipinski definition) is 6. The van der Waals surface area contributed by atoms with Gasteiger partial charge in [-0.3, -0.25) is 9.69 Å². The summed E-state index contributed by atoms with van der Waals surface area (Å²) < 4.78 is 5.22. The SMILES string of the molecule is Cc1noc([C@@H]2CN(Cc3ccccc3C#N)C[C@H]2C(N)=O)n1. The van der Waals surface area contributed by atoms with Gasteiger partial charge in [0, 0.05) is 19.6 Å². The number of carbonyl (C=O) groups is 1. The zero-order valence-electron chi connectivity index (χ0n) is 12.8. The highest BCUT2D eigenvalue weighted by atomic mass is 16.5. The minimum atomic E-state index is -0.373. The molecule has 0 saturated carbocycles. The second-order valence-electron chi connectivity index (χ2n) is 5.76. The molecule has 0 bridgehead atoms. The van der Waals surface area contributed by atoms with Crippen molar-refractivity contribution in [3.05, 3.63) is 47.1 Å². The van der Waals surface area contributed by atoms with E-state index in [1.54, 1.807) is 13.0 Å². The highest BCUT2D eigenvalue weighted by Crippen LogP contribution is 2.32. The predicted molar refractivity (Wildman–Crippen MR) is 80.9 cm³/mol. The monoisotopic (exact) mass is 311 g/mol. The Morgan fingerprint density at radius 1 is 1.48 bits per heavy atom. The Morgan fingerprint density at radius 3 is 2.91 bits per heavy atom. The number of nitrogens with zero attached hydrogens (tertiary/aromatic N) is 4. The van der Waals surface area contributed by atoms with Crippen molar-refractivity contribution in [2.24, 2.45) is 11.7 Å². The van der Waals surface area contributed by atoms with E-state index in [4.69, 9.17) is 10.3 Å². The molecule has 0 radical (unpaired) electrons. The molecular formula is C16H17N5O2. The van der Waals surface area contributed by atoms with Crippen molar-refractivity contribution in [3.8, 4) is 6.07 Å². The van der Waals surface area contributed by atoms with Crippen LogP contribution in [0.2, 0.25) is 0 Å². The Hall–Kier alpha value is -2.72. The highest BCUT2D eigenvalue weighted by Gasteiger charge is 2.40. The van der Waals surface area contributed by atoms with E-state index in [9.17, 15) is 10.1 Å². The number of aromatic nitrogens is 2. The molecule has 1 aromatic carbocycles. The molecule has 7 heteroatoms. The number of hydrogen-bond donors (Lipinski definition) is 1. The molecule has 1 aliphatic rings. The summed E-state index contributed by atoms with van der Waals surface area (Å²) in [4.78, 5) is 18.1. The lowest BCUT2D eigenvalue weighted by molar-refractivity contribution is -0.121. The van der Waals surface area contributed by atoms with Crippen molar-refractivity contribution in [1.29, 1.82) is 5.26 Å². The number of benzene rings is 1. The zero-order chi connectivity index (χ0) is 16.4. The van der Waals surface area contributed by atoms with Crippen molar-refractivity contribution in [2.75, 3.05) is 13.1 Å². The minimum Gasteiger partial charge on any atom is -0.369 e. The second kappa shape index (κ2) is 6.18. The Morgan fingerprint density at radius 2 is 2.26 bits per heavy atom. The number of nitriles is 1. The molecule has 1 amide bonds. The summed E-state index contributed by atoms with van der Waals surface area (Å²) in [6, 6.07) is 9.63. The third-order valence-corrected chi connectivity index (χ3v) is 4.15. The molecule has 23 heavy (non-hydrogen) atoms. The smallest absolute Gasteiger partial charge is 0.231 e. The van der Waals surface area contributed by atoms with Gasteiger partial charge in [0.1, 0.15) is 0 Å². The van der Waals surface area contributed by atoms with Crippen LogP contribution in [0.1, 0.15) is 28.8 Å². The lowest BCUT2D eigenvalue weighted by Gasteiger charge is -2.16. The van der Waals surface area contributed by atoms with Gasteiger partial charge in [-0.2, -0.15) is 10.2 Å². The predicted octanol–water partition coefficient (Wildman–Crippen LogP) is 0.951. The number of aryl methyl sites for hydroxylation is 1. The third-order valence-electron chi connectivity index (χ3n) is 4.15. The average molecular weight is 311 g/mol. The van der Waals surface area contributed by atoms with Crippen LogP contribution in [0.4, 0.5) is 0 Å². The Labute approximate surface area is 133 Å². The van der Waals surface area contributed by atoms with Gasteiger partial charge in [0.2, 0.25) is 11.8 Å². The number of rotatable bonds is 4. The summed E-state index contributed by atoms with van der Waals surface area (Å²) in [6.45, 7) is 3.43. The molecule has 1 saturated heterocycles. The Kier molecular flexibility index (Phi) is 4.08. The number of nitrogens with two attached hydrogens (primary N) is 1. The molecule has 1 fully saturated rings. The molecule has 118 valence electrons. The van der Waals surface area contributed by atoms with E-state index in [0.717, 1.165) is 5.56 Å².